The lowest BCUT2D eigenvalue weighted by molar-refractivity contribution is 0.0198. The molecule has 5 rings (SSSR count). The van der Waals surface area contributed by atoms with Gasteiger partial charge in [-0.25, -0.2) is 0 Å². The van der Waals surface area contributed by atoms with E-state index in [1.54, 1.807) is 7.11 Å². The summed E-state index contributed by atoms with van der Waals surface area (Å²) in [5, 5.41) is 3.66. The zero-order chi connectivity index (χ0) is 20.6. The predicted octanol–water partition coefficient (Wildman–Crippen LogP) is 4.49. The molecule has 4 heteroatoms. The summed E-state index contributed by atoms with van der Waals surface area (Å²) in [6, 6.07) is 25.8. The van der Waals surface area contributed by atoms with Crippen LogP contribution in [0.4, 0.5) is 5.69 Å². The van der Waals surface area contributed by atoms with Crippen LogP contribution < -0.4 is 14.8 Å². The predicted molar refractivity (Wildman–Crippen MR) is 120 cm³/mol. The summed E-state index contributed by atoms with van der Waals surface area (Å²) in [7, 11) is 3.94. The van der Waals surface area contributed by atoms with E-state index in [9.17, 15) is 0 Å². The number of methoxy groups -OCH3 is 1. The second kappa shape index (κ2) is 7.69. The van der Waals surface area contributed by atoms with Crippen LogP contribution in [0.1, 0.15) is 16.7 Å². The Labute approximate surface area is 178 Å². The van der Waals surface area contributed by atoms with Crippen molar-refractivity contribution >= 4 is 5.69 Å². The second-order valence-corrected chi connectivity index (χ2v) is 8.47. The number of nitrogens with zero attached hydrogens (tertiary/aromatic N) is 1. The van der Waals surface area contributed by atoms with Crippen molar-refractivity contribution in [2.75, 3.05) is 32.6 Å². The molecule has 4 nitrogen and oxygen atoms in total. The third kappa shape index (κ3) is 3.31. The number of hydrogen-bond donors (Lipinski definition) is 1. The minimum absolute atomic E-state index is 0.169. The van der Waals surface area contributed by atoms with Crippen molar-refractivity contribution < 1.29 is 9.47 Å². The van der Waals surface area contributed by atoms with E-state index in [0.29, 0.717) is 12.6 Å². The van der Waals surface area contributed by atoms with Gasteiger partial charge >= 0.3 is 0 Å². The van der Waals surface area contributed by atoms with Gasteiger partial charge in [0.25, 0.3) is 0 Å². The monoisotopic (exact) mass is 400 g/mol. The lowest BCUT2D eigenvalue weighted by atomic mass is 9.66. The van der Waals surface area contributed by atoms with E-state index in [-0.39, 0.29) is 5.41 Å². The highest BCUT2D eigenvalue weighted by Crippen LogP contribution is 2.49. The smallest absolute Gasteiger partial charge is 0.121 e. The quantitative estimate of drug-likeness (QED) is 0.661. The van der Waals surface area contributed by atoms with Crippen molar-refractivity contribution in [3.63, 3.8) is 0 Å². The largest absolute Gasteiger partial charge is 0.497 e. The van der Waals surface area contributed by atoms with Crippen LogP contribution in [0.2, 0.25) is 0 Å². The van der Waals surface area contributed by atoms with E-state index in [4.69, 9.17) is 9.47 Å². The Morgan fingerprint density at radius 3 is 2.47 bits per heavy atom. The van der Waals surface area contributed by atoms with Crippen LogP contribution in [0, 0.1) is 0 Å². The number of likely N-dealkylation sites (tertiary alicyclic amines) is 1. The number of hydrogen-bond acceptors (Lipinski definition) is 4. The molecule has 3 aromatic carbocycles. The van der Waals surface area contributed by atoms with E-state index >= 15 is 0 Å². The summed E-state index contributed by atoms with van der Waals surface area (Å²) in [5.74, 6) is 1.83. The zero-order valence-corrected chi connectivity index (χ0v) is 17.6. The van der Waals surface area contributed by atoms with Crippen molar-refractivity contribution in [2.24, 2.45) is 0 Å². The molecule has 2 heterocycles. The Morgan fingerprint density at radius 1 is 0.967 bits per heavy atom. The Bertz CT molecular complexity index is 1020. The number of rotatable bonds is 6. The summed E-state index contributed by atoms with van der Waals surface area (Å²) in [6.45, 7) is 2.65. The lowest BCUT2D eigenvalue weighted by Gasteiger charge is -2.55. The number of anilines is 1. The molecule has 0 saturated carbocycles. The molecule has 0 bridgehead atoms. The van der Waals surface area contributed by atoms with E-state index < -0.39 is 0 Å². The van der Waals surface area contributed by atoms with Crippen LogP contribution in [-0.2, 0) is 18.4 Å². The molecular formula is C26H28N2O2. The summed E-state index contributed by atoms with van der Waals surface area (Å²) in [5.41, 5.74) is 5.34. The Hall–Kier alpha value is -2.98. The van der Waals surface area contributed by atoms with E-state index in [0.717, 1.165) is 31.0 Å². The van der Waals surface area contributed by atoms with Gasteiger partial charge in [-0.2, -0.15) is 0 Å². The summed E-state index contributed by atoms with van der Waals surface area (Å²) >= 11 is 0. The lowest BCUT2D eigenvalue weighted by Crippen LogP contribution is -2.67. The normalized spacial score (nSPS) is 22.3. The summed E-state index contributed by atoms with van der Waals surface area (Å²) in [6.07, 6.45) is 1.04. The van der Waals surface area contributed by atoms with Gasteiger partial charge in [-0.15, -0.1) is 0 Å². The Morgan fingerprint density at radius 2 is 1.73 bits per heavy atom. The van der Waals surface area contributed by atoms with Gasteiger partial charge in [0.2, 0.25) is 0 Å². The minimum Gasteiger partial charge on any atom is -0.497 e. The highest BCUT2D eigenvalue weighted by molar-refractivity contribution is 5.65. The molecule has 3 aromatic rings. The third-order valence-electron chi connectivity index (χ3n) is 6.66. The average Bonchev–Trinajstić information content (AvgIpc) is 3.17. The molecule has 1 N–H and O–H groups in total. The molecule has 2 aliphatic heterocycles. The van der Waals surface area contributed by atoms with Crippen LogP contribution >= 0.6 is 0 Å². The SMILES string of the molecule is COc1ccc(C[C@H]2N(C)CC23CNc2cc(OCc4ccccc4)ccc23)cc1. The average molecular weight is 401 g/mol. The molecule has 1 unspecified atom stereocenters. The van der Waals surface area contributed by atoms with Gasteiger partial charge in [0.1, 0.15) is 18.1 Å². The van der Waals surface area contributed by atoms with Crippen molar-refractivity contribution in [2.45, 2.75) is 24.5 Å². The minimum atomic E-state index is 0.169. The van der Waals surface area contributed by atoms with Gasteiger partial charge in [-0.05, 0) is 48.4 Å². The molecule has 0 radical (unpaired) electrons. The number of ether oxygens (including phenoxy) is 2. The molecule has 1 fully saturated rings. The Kier molecular flexibility index (Phi) is 4.87. The molecule has 0 amide bonds. The number of likely N-dealkylation sites (N-methyl/N-ethyl adjacent to an activating group) is 1. The van der Waals surface area contributed by atoms with Gasteiger partial charge in [0.15, 0.2) is 0 Å². The van der Waals surface area contributed by atoms with Gasteiger partial charge in [-0.1, -0.05) is 48.5 Å². The zero-order valence-electron chi connectivity index (χ0n) is 17.6. The fourth-order valence-electron chi connectivity index (χ4n) is 5.03. The first-order valence-electron chi connectivity index (χ1n) is 10.6. The maximum absolute atomic E-state index is 6.04. The maximum Gasteiger partial charge on any atom is 0.121 e. The standard InChI is InChI=1S/C26H28N2O2/c1-28-18-26(25(28)14-19-8-10-21(29-2)11-9-19)17-27-24-15-22(12-13-23(24)26)30-16-20-6-4-3-5-7-20/h3-13,15,25,27H,14,16-18H2,1-2H3/t25-,26?/m1/s1. The molecule has 30 heavy (non-hydrogen) atoms. The number of fused-ring (bicyclic) bond motifs is 2. The molecule has 0 aliphatic carbocycles. The van der Waals surface area contributed by atoms with Crippen molar-refractivity contribution in [1.29, 1.82) is 0 Å². The van der Waals surface area contributed by atoms with Crippen molar-refractivity contribution in [3.8, 4) is 11.5 Å². The van der Waals surface area contributed by atoms with Crippen LogP contribution in [0.5, 0.6) is 11.5 Å². The fraction of sp³-hybridized carbons (Fsp3) is 0.308. The van der Waals surface area contributed by atoms with Gasteiger partial charge in [-0.3, -0.25) is 0 Å². The molecule has 2 aliphatic rings. The molecule has 2 atom stereocenters. The molecular weight excluding hydrogens is 372 g/mol. The highest BCUT2D eigenvalue weighted by atomic mass is 16.5. The maximum atomic E-state index is 6.04. The Balaban J connectivity index is 1.32. The highest BCUT2D eigenvalue weighted by Gasteiger charge is 2.54. The third-order valence-corrected chi connectivity index (χ3v) is 6.66. The van der Waals surface area contributed by atoms with Gasteiger partial charge in [0, 0.05) is 36.3 Å². The first kappa shape index (κ1) is 19.0. The number of nitrogens with one attached hydrogen (secondary N) is 1. The van der Waals surface area contributed by atoms with Crippen LogP contribution in [-0.4, -0.2) is 38.2 Å². The molecule has 154 valence electrons. The van der Waals surface area contributed by atoms with E-state index in [1.807, 2.05) is 18.2 Å². The van der Waals surface area contributed by atoms with Crippen LogP contribution in [0.25, 0.3) is 0 Å². The molecule has 1 saturated heterocycles. The summed E-state index contributed by atoms with van der Waals surface area (Å²) in [4.78, 5) is 2.47. The number of benzene rings is 3. The van der Waals surface area contributed by atoms with Gasteiger partial charge < -0.3 is 19.7 Å². The van der Waals surface area contributed by atoms with Gasteiger partial charge in [0.05, 0.1) is 7.11 Å². The van der Waals surface area contributed by atoms with Crippen molar-refractivity contribution in [3.05, 3.63) is 89.5 Å². The topological polar surface area (TPSA) is 33.7 Å². The second-order valence-electron chi connectivity index (χ2n) is 8.47. The fourth-order valence-corrected chi connectivity index (χ4v) is 5.03. The first-order valence-corrected chi connectivity index (χ1v) is 10.6. The van der Waals surface area contributed by atoms with Crippen LogP contribution in [0.15, 0.2) is 72.8 Å². The first-order chi connectivity index (χ1) is 14.7. The summed E-state index contributed by atoms with van der Waals surface area (Å²) < 4.78 is 11.3. The van der Waals surface area contributed by atoms with Crippen molar-refractivity contribution in [1.82, 2.24) is 4.90 Å². The molecule has 0 aromatic heterocycles. The molecule has 1 spiro atoms. The van der Waals surface area contributed by atoms with Crippen LogP contribution in [0.3, 0.4) is 0 Å². The van der Waals surface area contributed by atoms with E-state index in [1.165, 1.54) is 22.4 Å². The van der Waals surface area contributed by atoms with E-state index in [2.05, 4.69) is 71.9 Å².